The van der Waals surface area contributed by atoms with E-state index in [-0.39, 0.29) is 5.69 Å². The first-order chi connectivity index (χ1) is 12.0. The van der Waals surface area contributed by atoms with E-state index in [1.165, 1.54) is 11.8 Å². The molecule has 1 aromatic heterocycles. The average molecular weight is 376 g/mol. The minimum atomic E-state index is -0.683. The van der Waals surface area contributed by atoms with Crippen LogP contribution in [-0.2, 0) is 5.75 Å². The van der Waals surface area contributed by atoms with Gasteiger partial charge in [0, 0.05) is 22.1 Å². The molecule has 7 heteroatoms. The van der Waals surface area contributed by atoms with E-state index in [2.05, 4.69) is 10.3 Å². The number of thiazole rings is 1. The molecule has 0 saturated carbocycles. The van der Waals surface area contributed by atoms with E-state index in [0.29, 0.717) is 11.3 Å². The Bertz CT molecular complexity index is 912. The fraction of sp³-hybridized carbons (Fsp3) is 0.111. The number of amides is 1. The molecule has 3 nitrogen and oxygen atoms in total. The third kappa shape index (κ3) is 4.43. The number of hydrogen-bond donors (Lipinski definition) is 1. The van der Waals surface area contributed by atoms with Crippen molar-refractivity contribution >= 4 is 34.7 Å². The smallest absolute Gasteiger partial charge is 0.256 e. The van der Waals surface area contributed by atoms with Gasteiger partial charge in [-0.1, -0.05) is 12.1 Å². The van der Waals surface area contributed by atoms with E-state index in [1.807, 2.05) is 24.4 Å². The number of hydrogen-bond acceptors (Lipinski definition) is 4. The highest BCUT2D eigenvalue weighted by atomic mass is 32.2. The number of aromatic nitrogens is 1. The molecule has 1 amide bonds. The molecule has 0 aliphatic carbocycles. The van der Waals surface area contributed by atoms with Crippen LogP contribution in [-0.4, -0.2) is 10.9 Å². The lowest BCUT2D eigenvalue weighted by atomic mass is 10.2. The second-order valence-electron chi connectivity index (χ2n) is 5.22. The van der Waals surface area contributed by atoms with Gasteiger partial charge in [-0.2, -0.15) is 0 Å². The molecule has 2 aromatic carbocycles. The van der Waals surface area contributed by atoms with Crippen LogP contribution in [0.2, 0.25) is 0 Å². The zero-order valence-electron chi connectivity index (χ0n) is 13.3. The summed E-state index contributed by atoms with van der Waals surface area (Å²) in [5, 5.41) is 5.40. The Kier molecular flexibility index (Phi) is 5.45. The second kappa shape index (κ2) is 7.76. The van der Waals surface area contributed by atoms with Crippen molar-refractivity contribution in [2.45, 2.75) is 17.6 Å². The van der Waals surface area contributed by atoms with Crippen molar-refractivity contribution < 1.29 is 13.6 Å². The Morgan fingerprint density at radius 2 is 2.04 bits per heavy atom. The molecule has 0 unspecified atom stereocenters. The van der Waals surface area contributed by atoms with Gasteiger partial charge in [0.15, 0.2) is 0 Å². The summed E-state index contributed by atoms with van der Waals surface area (Å²) in [6.07, 6.45) is 0. The molecule has 0 spiro atoms. The van der Waals surface area contributed by atoms with E-state index in [4.69, 9.17) is 0 Å². The van der Waals surface area contributed by atoms with Gasteiger partial charge in [-0.3, -0.25) is 4.79 Å². The van der Waals surface area contributed by atoms with Crippen molar-refractivity contribution in [3.63, 3.8) is 0 Å². The third-order valence-corrected chi connectivity index (χ3v) is 5.28. The van der Waals surface area contributed by atoms with Crippen LogP contribution in [0.5, 0.6) is 0 Å². The molecule has 0 fully saturated rings. The van der Waals surface area contributed by atoms with E-state index < -0.39 is 17.5 Å². The molecule has 0 aliphatic rings. The normalized spacial score (nSPS) is 10.7. The fourth-order valence-corrected chi connectivity index (χ4v) is 3.85. The van der Waals surface area contributed by atoms with Crippen LogP contribution < -0.4 is 5.32 Å². The molecule has 3 rings (SSSR count). The molecule has 0 saturated heterocycles. The molecule has 128 valence electrons. The summed E-state index contributed by atoms with van der Waals surface area (Å²) in [5.74, 6) is -1.15. The standard InChI is InChI=1S/C18H14F2N2OS2/c1-11-21-13(9-24-11)10-25-17-5-3-2-4-14(17)18(23)22-16-8-12(19)6-7-15(16)20/h2-9H,10H2,1H3,(H,22,23). The summed E-state index contributed by atoms with van der Waals surface area (Å²) in [7, 11) is 0. The van der Waals surface area contributed by atoms with Gasteiger partial charge in [0.05, 0.1) is 22.0 Å². The van der Waals surface area contributed by atoms with Gasteiger partial charge in [0.2, 0.25) is 0 Å². The highest BCUT2D eigenvalue weighted by molar-refractivity contribution is 7.98. The number of thioether (sulfide) groups is 1. The van der Waals surface area contributed by atoms with Crippen LogP contribution in [0.15, 0.2) is 52.7 Å². The van der Waals surface area contributed by atoms with Crippen molar-refractivity contribution in [2.75, 3.05) is 5.32 Å². The van der Waals surface area contributed by atoms with Crippen molar-refractivity contribution in [1.29, 1.82) is 0 Å². The Hall–Kier alpha value is -2.25. The molecular weight excluding hydrogens is 362 g/mol. The maximum absolute atomic E-state index is 13.7. The number of anilines is 1. The van der Waals surface area contributed by atoms with E-state index in [1.54, 1.807) is 23.5 Å². The minimum absolute atomic E-state index is 0.181. The summed E-state index contributed by atoms with van der Waals surface area (Å²) >= 11 is 3.05. The monoisotopic (exact) mass is 376 g/mol. The van der Waals surface area contributed by atoms with Crippen molar-refractivity contribution in [1.82, 2.24) is 4.98 Å². The summed E-state index contributed by atoms with van der Waals surface area (Å²) in [6.45, 7) is 1.94. The highest BCUT2D eigenvalue weighted by Gasteiger charge is 2.14. The number of nitrogens with one attached hydrogen (secondary N) is 1. The number of benzene rings is 2. The van der Waals surface area contributed by atoms with Crippen LogP contribution >= 0.6 is 23.1 Å². The number of halogens is 2. The van der Waals surface area contributed by atoms with E-state index in [9.17, 15) is 13.6 Å². The highest BCUT2D eigenvalue weighted by Crippen LogP contribution is 2.28. The maximum atomic E-state index is 13.7. The van der Waals surface area contributed by atoms with Gasteiger partial charge in [-0.15, -0.1) is 23.1 Å². The van der Waals surface area contributed by atoms with Crippen LogP contribution in [0.3, 0.4) is 0 Å². The number of nitrogens with zero attached hydrogens (tertiary/aromatic N) is 1. The van der Waals surface area contributed by atoms with Crippen molar-refractivity contribution in [2.24, 2.45) is 0 Å². The third-order valence-electron chi connectivity index (χ3n) is 3.35. The van der Waals surface area contributed by atoms with Crippen LogP contribution in [0.4, 0.5) is 14.5 Å². The second-order valence-corrected chi connectivity index (χ2v) is 7.30. The van der Waals surface area contributed by atoms with Crippen molar-refractivity contribution in [3.05, 3.63) is 75.7 Å². The summed E-state index contributed by atoms with van der Waals surface area (Å²) in [4.78, 5) is 17.6. The predicted octanol–water partition coefficient (Wildman–Crippen LogP) is 5.27. The first kappa shape index (κ1) is 17.6. The number of aryl methyl sites for hydroxylation is 1. The predicted molar refractivity (Wildman–Crippen MR) is 97.2 cm³/mol. The van der Waals surface area contributed by atoms with Gasteiger partial charge in [0.25, 0.3) is 5.91 Å². The Morgan fingerprint density at radius 1 is 1.24 bits per heavy atom. The minimum Gasteiger partial charge on any atom is -0.319 e. The number of carbonyl (C=O) groups is 1. The molecule has 0 aliphatic heterocycles. The molecular formula is C18H14F2N2OS2. The summed E-state index contributed by atoms with van der Waals surface area (Å²) < 4.78 is 27.0. The van der Waals surface area contributed by atoms with Gasteiger partial charge in [0.1, 0.15) is 11.6 Å². The van der Waals surface area contributed by atoms with Gasteiger partial charge in [-0.05, 0) is 31.2 Å². The Balaban J connectivity index is 1.77. The van der Waals surface area contributed by atoms with E-state index >= 15 is 0 Å². The molecule has 1 heterocycles. The molecule has 3 aromatic rings. The fourth-order valence-electron chi connectivity index (χ4n) is 2.19. The van der Waals surface area contributed by atoms with Gasteiger partial charge in [-0.25, -0.2) is 13.8 Å². The maximum Gasteiger partial charge on any atom is 0.256 e. The summed E-state index contributed by atoms with van der Waals surface area (Å²) in [6, 6.07) is 9.98. The lowest BCUT2D eigenvalue weighted by Crippen LogP contribution is -2.14. The quantitative estimate of drug-likeness (QED) is 0.617. The largest absolute Gasteiger partial charge is 0.319 e. The zero-order chi connectivity index (χ0) is 17.8. The summed E-state index contributed by atoms with van der Waals surface area (Å²) in [5.41, 5.74) is 1.17. The zero-order valence-corrected chi connectivity index (χ0v) is 14.9. The molecule has 0 radical (unpaired) electrons. The Morgan fingerprint density at radius 3 is 2.80 bits per heavy atom. The Labute approximate surface area is 152 Å². The number of rotatable bonds is 5. The van der Waals surface area contributed by atoms with Gasteiger partial charge >= 0.3 is 0 Å². The van der Waals surface area contributed by atoms with Gasteiger partial charge < -0.3 is 5.32 Å². The number of carbonyl (C=O) groups excluding carboxylic acids is 1. The van der Waals surface area contributed by atoms with E-state index in [0.717, 1.165) is 33.8 Å². The van der Waals surface area contributed by atoms with Crippen LogP contribution in [0, 0.1) is 18.6 Å². The first-order valence-electron chi connectivity index (χ1n) is 7.42. The first-order valence-corrected chi connectivity index (χ1v) is 9.28. The molecule has 1 N–H and O–H groups in total. The SMILES string of the molecule is Cc1nc(CSc2ccccc2C(=O)Nc2cc(F)ccc2F)cs1. The lowest BCUT2D eigenvalue weighted by molar-refractivity contribution is 0.102. The topological polar surface area (TPSA) is 42.0 Å². The average Bonchev–Trinajstić information content (AvgIpc) is 3.02. The van der Waals surface area contributed by atoms with Crippen LogP contribution in [0.25, 0.3) is 0 Å². The lowest BCUT2D eigenvalue weighted by Gasteiger charge is -2.10. The molecule has 0 bridgehead atoms. The molecule has 0 atom stereocenters. The van der Waals surface area contributed by atoms with Crippen molar-refractivity contribution in [3.8, 4) is 0 Å². The molecule has 25 heavy (non-hydrogen) atoms. The van der Waals surface area contributed by atoms with Crippen LogP contribution in [0.1, 0.15) is 21.1 Å².